The average molecular weight is 401 g/mol. The molecule has 1 heterocycles. The topological polar surface area (TPSA) is 95.1 Å². The number of nitrogen functional groups attached to an aromatic ring is 1. The third-order valence-electron chi connectivity index (χ3n) is 3.83. The molecule has 0 aliphatic heterocycles. The molecule has 0 unspecified atom stereocenters. The number of carbonyl (C=O) groups is 1. The molecular formula is C19H20FN5O2S. The van der Waals surface area contributed by atoms with E-state index in [1.807, 2.05) is 6.92 Å². The average Bonchev–Trinajstić information content (AvgIpc) is 3.04. The van der Waals surface area contributed by atoms with Crippen molar-refractivity contribution in [3.8, 4) is 17.1 Å². The summed E-state index contributed by atoms with van der Waals surface area (Å²) in [6.45, 7) is 4.23. The molecule has 9 heteroatoms. The quantitative estimate of drug-likeness (QED) is 0.466. The van der Waals surface area contributed by atoms with Crippen molar-refractivity contribution in [3.05, 3.63) is 54.3 Å². The summed E-state index contributed by atoms with van der Waals surface area (Å²) in [5.41, 5.74) is 1.17. The Bertz CT molecular complexity index is 961. The SMILES string of the molecule is CCOc1ccc(NC(=O)[C@H](C)Sc2nnc(-c3cccc(F)c3)n2N)cc1. The molecule has 3 aromatic rings. The van der Waals surface area contributed by atoms with E-state index in [-0.39, 0.29) is 5.91 Å². The molecule has 1 atom stereocenters. The largest absolute Gasteiger partial charge is 0.494 e. The molecule has 28 heavy (non-hydrogen) atoms. The van der Waals surface area contributed by atoms with Crippen molar-refractivity contribution in [1.82, 2.24) is 14.9 Å². The lowest BCUT2D eigenvalue weighted by Gasteiger charge is -2.12. The molecule has 1 amide bonds. The van der Waals surface area contributed by atoms with Gasteiger partial charge in [-0.1, -0.05) is 23.9 Å². The van der Waals surface area contributed by atoms with E-state index in [0.717, 1.165) is 17.5 Å². The molecule has 7 nitrogen and oxygen atoms in total. The van der Waals surface area contributed by atoms with Crippen LogP contribution in [0.2, 0.25) is 0 Å². The van der Waals surface area contributed by atoms with Gasteiger partial charge in [0.2, 0.25) is 11.1 Å². The molecule has 0 fully saturated rings. The van der Waals surface area contributed by atoms with Gasteiger partial charge in [-0.3, -0.25) is 4.79 Å². The third kappa shape index (κ3) is 4.61. The lowest BCUT2D eigenvalue weighted by molar-refractivity contribution is -0.115. The number of hydrogen-bond donors (Lipinski definition) is 2. The number of carbonyl (C=O) groups excluding carboxylic acids is 1. The van der Waals surface area contributed by atoms with Crippen molar-refractivity contribution in [2.45, 2.75) is 24.3 Å². The van der Waals surface area contributed by atoms with Gasteiger partial charge in [0.15, 0.2) is 5.82 Å². The van der Waals surface area contributed by atoms with Crippen LogP contribution in [0.5, 0.6) is 5.75 Å². The van der Waals surface area contributed by atoms with Gasteiger partial charge in [-0.2, -0.15) is 0 Å². The molecule has 3 rings (SSSR count). The number of nitrogens with zero attached hydrogens (tertiary/aromatic N) is 3. The Balaban J connectivity index is 1.65. The Hall–Kier alpha value is -3.07. The van der Waals surface area contributed by atoms with Crippen LogP contribution in [0, 0.1) is 5.82 Å². The molecule has 0 bridgehead atoms. The molecule has 2 aromatic carbocycles. The molecular weight excluding hydrogens is 381 g/mol. The van der Waals surface area contributed by atoms with E-state index >= 15 is 0 Å². The molecule has 0 saturated heterocycles. The summed E-state index contributed by atoms with van der Waals surface area (Å²) in [4.78, 5) is 12.4. The van der Waals surface area contributed by atoms with Crippen LogP contribution in [0.1, 0.15) is 13.8 Å². The number of aromatic nitrogens is 3. The Labute approximate surface area is 166 Å². The minimum Gasteiger partial charge on any atom is -0.494 e. The molecule has 0 aliphatic rings. The van der Waals surface area contributed by atoms with Gasteiger partial charge in [0.05, 0.1) is 11.9 Å². The number of thioether (sulfide) groups is 1. The highest BCUT2D eigenvalue weighted by molar-refractivity contribution is 8.00. The van der Waals surface area contributed by atoms with E-state index in [0.29, 0.717) is 28.8 Å². The number of amides is 1. The number of nitrogens with two attached hydrogens (primary N) is 1. The van der Waals surface area contributed by atoms with E-state index in [4.69, 9.17) is 10.6 Å². The molecule has 0 saturated carbocycles. The summed E-state index contributed by atoms with van der Waals surface area (Å²) in [6.07, 6.45) is 0. The predicted molar refractivity (Wildman–Crippen MR) is 107 cm³/mol. The van der Waals surface area contributed by atoms with Gasteiger partial charge in [0.1, 0.15) is 11.6 Å². The summed E-state index contributed by atoms with van der Waals surface area (Å²) >= 11 is 1.16. The van der Waals surface area contributed by atoms with E-state index in [1.54, 1.807) is 43.3 Å². The summed E-state index contributed by atoms with van der Waals surface area (Å²) in [6, 6.07) is 13.0. The normalized spacial score (nSPS) is 11.8. The zero-order valence-corrected chi connectivity index (χ0v) is 16.2. The minimum atomic E-state index is -0.474. The third-order valence-corrected chi connectivity index (χ3v) is 4.89. The first-order chi connectivity index (χ1) is 13.5. The van der Waals surface area contributed by atoms with Crippen molar-refractivity contribution in [3.63, 3.8) is 0 Å². The van der Waals surface area contributed by atoms with Gasteiger partial charge in [-0.05, 0) is 50.2 Å². The van der Waals surface area contributed by atoms with Crippen LogP contribution in [0.3, 0.4) is 0 Å². The van der Waals surface area contributed by atoms with Crippen molar-refractivity contribution in [2.24, 2.45) is 0 Å². The highest BCUT2D eigenvalue weighted by Crippen LogP contribution is 2.26. The number of nitrogens with one attached hydrogen (secondary N) is 1. The minimum absolute atomic E-state index is 0.204. The van der Waals surface area contributed by atoms with Crippen LogP contribution >= 0.6 is 11.8 Å². The number of halogens is 1. The molecule has 0 radical (unpaired) electrons. The lowest BCUT2D eigenvalue weighted by atomic mass is 10.2. The summed E-state index contributed by atoms with van der Waals surface area (Å²) in [7, 11) is 0. The first kappa shape index (κ1) is 19.7. The van der Waals surface area contributed by atoms with Gasteiger partial charge in [0, 0.05) is 11.3 Å². The first-order valence-electron chi connectivity index (χ1n) is 8.64. The monoisotopic (exact) mass is 401 g/mol. The smallest absolute Gasteiger partial charge is 0.237 e. The number of benzene rings is 2. The lowest BCUT2D eigenvalue weighted by Crippen LogP contribution is -2.23. The highest BCUT2D eigenvalue weighted by atomic mass is 32.2. The van der Waals surface area contributed by atoms with Crippen molar-refractivity contribution in [2.75, 3.05) is 17.8 Å². The van der Waals surface area contributed by atoms with E-state index in [2.05, 4.69) is 15.5 Å². The van der Waals surface area contributed by atoms with E-state index in [9.17, 15) is 9.18 Å². The maximum atomic E-state index is 13.4. The maximum absolute atomic E-state index is 13.4. The highest BCUT2D eigenvalue weighted by Gasteiger charge is 2.20. The van der Waals surface area contributed by atoms with Gasteiger partial charge < -0.3 is 15.9 Å². The molecule has 146 valence electrons. The number of hydrogen-bond acceptors (Lipinski definition) is 6. The van der Waals surface area contributed by atoms with Gasteiger partial charge >= 0.3 is 0 Å². The van der Waals surface area contributed by atoms with Crippen LogP contribution in [-0.2, 0) is 4.79 Å². The summed E-state index contributed by atoms with van der Waals surface area (Å²) < 4.78 is 20.0. The number of rotatable bonds is 7. The zero-order chi connectivity index (χ0) is 20.1. The Morgan fingerprint density at radius 2 is 2.04 bits per heavy atom. The standard InChI is InChI=1S/C19H20FN5O2S/c1-3-27-16-9-7-15(8-10-16)22-18(26)12(2)28-19-24-23-17(25(19)21)13-5-4-6-14(20)11-13/h4-12H,3,21H2,1-2H3,(H,22,26)/t12-/m0/s1. The Morgan fingerprint density at radius 3 is 2.71 bits per heavy atom. The fourth-order valence-electron chi connectivity index (χ4n) is 2.44. The van der Waals surface area contributed by atoms with Gasteiger partial charge in [0.25, 0.3) is 0 Å². The molecule has 3 N–H and O–H groups in total. The summed E-state index contributed by atoms with van der Waals surface area (Å²) in [5.74, 6) is 6.50. The Morgan fingerprint density at radius 1 is 1.29 bits per heavy atom. The van der Waals surface area contributed by atoms with Gasteiger partial charge in [-0.25, -0.2) is 9.07 Å². The van der Waals surface area contributed by atoms with E-state index in [1.165, 1.54) is 16.8 Å². The van der Waals surface area contributed by atoms with Crippen LogP contribution in [0.15, 0.2) is 53.7 Å². The molecule has 0 spiro atoms. The zero-order valence-electron chi connectivity index (χ0n) is 15.4. The van der Waals surface area contributed by atoms with Crippen molar-refractivity contribution < 1.29 is 13.9 Å². The van der Waals surface area contributed by atoms with Crippen LogP contribution in [0.25, 0.3) is 11.4 Å². The first-order valence-corrected chi connectivity index (χ1v) is 9.52. The Kier molecular flexibility index (Phi) is 6.15. The second-order valence-corrected chi connectivity index (χ2v) is 7.20. The van der Waals surface area contributed by atoms with Crippen molar-refractivity contribution in [1.29, 1.82) is 0 Å². The second kappa shape index (κ2) is 8.75. The predicted octanol–water partition coefficient (Wildman–Crippen LogP) is 3.32. The molecule has 1 aromatic heterocycles. The number of anilines is 1. The van der Waals surface area contributed by atoms with Crippen LogP contribution < -0.4 is 15.9 Å². The second-order valence-electron chi connectivity index (χ2n) is 5.89. The fourth-order valence-corrected chi connectivity index (χ4v) is 3.21. The summed E-state index contributed by atoms with van der Waals surface area (Å²) in [5, 5.41) is 10.7. The number of ether oxygens (including phenoxy) is 1. The molecule has 0 aliphatic carbocycles. The fraction of sp³-hybridized carbons (Fsp3) is 0.211. The maximum Gasteiger partial charge on any atom is 0.237 e. The van der Waals surface area contributed by atoms with Crippen LogP contribution in [0.4, 0.5) is 10.1 Å². The van der Waals surface area contributed by atoms with Crippen LogP contribution in [-0.4, -0.2) is 32.6 Å². The van der Waals surface area contributed by atoms with Crippen molar-refractivity contribution >= 4 is 23.4 Å². The van der Waals surface area contributed by atoms with E-state index < -0.39 is 11.1 Å². The van der Waals surface area contributed by atoms with Gasteiger partial charge in [-0.15, -0.1) is 10.2 Å².